The summed E-state index contributed by atoms with van der Waals surface area (Å²) in [5.41, 5.74) is 7.14. The van der Waals surface area contributed by atoms with E-state index in [1.807, 2.05) is 0 Å². The predicted molar refractivity (Wildman–Crippen MR) is 72.3 cm³/mol. The summed E-state index contributed by atoms with van der Waals surface area (Å²) in [5.74, 6) is 0.499. The Morgan fingerprint density at radius 1 is 1.17 bits per heavy atom. The summed E-state index contributed by atoms with van der Waals surface area (Å²) in [7, 11) is 1.56. The van der Waals surface area contributed by atoms with E-state index in [-0.39, 0.29) is 5.78 Å². The molecule has 0 aliphatic heterocycles. The molecule has 2 aromatic carbocycles. The summed E-state index contributed by atoms with van der Waals surface area (Å²) in [6, 6.07) is 11.8. The maximum absolute atomic E-state index is 12.2. The standard InChI is InChI=1S/C14H12ClNO2/c1-18-13-4-2-3-9(7-13)14(17)10-5-11(15)8-12(16)6-10/h2-8H,16H2,1H3. The second kappa shape index (κ2) is 5.10. The molecule has 0 bridgehead atoms. The molecule has 0 saturated carbocycles. The Morgan fingerprint density at radius 3 is 2.61 bits per heavy atom. The Hall–Kier alpha value is -2.00. The average Bonchev–Trinajstić information content (AvgIpc) is 2.37. The van der Waals surface area contributed by atoms with E-state index >= 15 is 0 Å². The van der Waals surface area contributed by atoms with Crippen molar-refractivity contribution in [1.82, 2.24) is 0 Å². The largest absolute Gasteiger partial charge is 0.497 e. The second-order valence-electron chi connectivity index (χ2n) is 3.83. The first-order valence-corrected chi connectivity index (χ1v) is 5.73. The maximum Gasteiger partial charge on any atom is 0.193 e. The molecule has 0 amide bonds. The van der Waals surface area contributed by atoms with E-state index < -0.39 is 0 Å². The Bertz CT molecular complexity index is 576. The molecule has 0 radical (unpaired) electrons. The van der Waals surface area contributed by atoms with Gasteiger partial charge in [0.15, 0.2) is 5.78 Å². The SMILES string of the molecule is COc1cccc(C(=O)c2cc(N)cc(Cl)c2)c1. The smallest absolute Gasteiger partial charge is 0.193 e. The number of ether oxygens (including phenoxy) is 1. The number of carbonyl (C=O) groups excluding carboxylic acids is 1. The number of benzene rings is 2. The van der Waals surface area contributed by atoms with Crippen LogP contribution in [0.25, 0.3) is 0 Å². The fraction of sp³-hybridized carbons (Fsp3) is 0.0714. The first-order chi connectivity index (χ1) is 8.60. The molecule has 18 heavy (non-hydrogen) atoms. The van der Waals surface area contributed by atoms with E-state index in [9.17, 15) is 4.79 Å². The number of rotatable bonds is 3. The number of hydrogen-bond acceptors (Lipinski definition) is 3. The van der Waals surface area contributed by atoms with Crippen LogP contribution in [0.2, 0.25) is 5.02 Å². The van der Waals surface area contributed by atoms with Gasteiger partial charge >= 0.3 is 0 Å². The van der Waals surface area contributed by atoms with Gasteiger partial charge in [0.1, 0.15) is 5.75 Å². The number of nitrogen functional groups attached to an aromatic ring is 1. The van der Waals surface area contributed by atoms with Gasteiger partial charge in [-0.3, -0.25) is 4.79 Å². The van der Waals surface area contributed by atoms with Gasteiger partial charge in [0, 0.05) is 21.8 Å². The minimum Gasteiger partial charge on any atom is -0.497 e. The van der Waals surface area contributed by atoms with Crippen molar-refractivity contribution in [2.45, 2.75) is 0 Å². The van der Waals surface area contributed by atoms with Crippen molar-refractivity contribution >= 4 is 23.1 Å². The topological polar surface area (TPSA) is 52.3 Å². The third-order valence-corrected chi connectivity index (χ3v) is 2.73. The van der Waals surface area contributed by atoms with E-state index in [2.05, 4.69) is 0 Å². The number of anilines is 1. The highest BCUT2D eigenvalue weighted by Crippen LogP contribution is 2.21. The molecule has 0 fully saturated rings. The molecule has 4 heteroatoms. The highest BCUT2D eigenvalue weighted by molar-refractivity contribution is 6.31. The molecule has 0 aromatic heterocycles. The van der Waals surface area contributed by atoms with E-state index in [1.54, 1.807) is 49.6 Å². The molecule has 3 nitrogen and oxygen atoms in total. The monoisotopic (exact) mass is 261 g/mol. The molecule has 0 aliphatic rings. The first kappa shape index (κ1) is 12.5. The minimum atomic E-state index is -0.136. The first-order valence-electron chi connectivity index (χ1n) is 5.35. The van der Waals surface area contributed by atoms with Crippen molar-refractivity contribution in [2.75, 3.05) is 12.8 Å². The summed E-state index contributed by atoms with van der Waals surface area (Å²) in [6.07, 6.45) is 0. The van der Waals surface area contributed by atoms with Crippen LogP contribution in [-0.4, -0.2) is 12.9 Å². The maximum atomic E-state index is 12.2. The molecule has 0 aliphatic carbocycles. The second-order valence-corrected chi connectivity index (χ2v) is 4.27. The molecule has 0 spiro atoms. The lowest BCUT2D eigenvalue weighted by Crippen LogP contribution is -2.02. The lowest BCUT2D eigenvalue weighted by molar-refractivity contribution is 0.103. The zero-order valence-corrected chi connectivity index (χ0v) is 10.6. The molecule has 2 N–H and O–H groups in total. The van der Waals surface area contributed by atoms with Crippen LogP contribution in [0.3, 0.4) is 0 Å². The van der Waals surface area contributed by atoms with Crippen molar-refractivity contribution in [3.05, 3.63) is 58.6 Å². The van der Waals surface area contributed by atoms with Crippen molar-refractivity contribution < 1.29 is 9.53 Å². The Labute approximate surface area is 110 Å². The van der Waals surface area contributed by atoms with Crippen LogP contribution in [0.15, 0.2) is 42.5 Å². The van der Waals surface area contributed by atoms with Crippen LogP contribution in [0.4, 0.5) is 5.69 Å². The van der Waals surface area contributed by atoms with Crippen molar-refractivity contribution in [2.24, 2.45) is 0 Å². The van der Waals surface area contributed by atoms with Crippen LogP contribution < -0.4 is 10.5 Å². The van der Waals surface area contributed by atoms with E-state index in [0.717, 1.165) is 0 Å². The average molecular weight is 262 g/mol. The van der Waals surface area contributed by atoms with E-state index in [4.69, 9.17) is 22.1 Å². The Kier molecular flexibility index (Phi) is 3.53. The lowest BCUT2D eigenvalue weighted by Gasteiger charge is -2.05. The van der Waals surface area contributed by atoms with Crippen LogP contribution in [0.1, 0.15) is 15.9 Å². The quantitative estimate of drug-likeness (QED) is 0.682. The predicted octanol–water partition coefficient (Wildman–Crippen LogP) is 3.16. The van der Waals surface area contributed by atoms with Gasteiger partial charge in [0.05, 0.1) is 7.11 Å². The number of hydrogen-bond donors (Lipinski definition) is 1. The zero-order chi connectivity index (χ0) is 13.1. The molecular weight excluding hydrogens is 250 g/mol. The van der Waals surface area contributed by atoms with Gasteiger partial charge in [-0.25, -0.2) is 0 Å². The molecular formula is C14H12ClNO2. The van der Waals surface area contributed by atoms with Crippen LogP contribution >= 0.6 is 11.6 Å². The molecule has 0 heterocycles. The third-order valence-electron chi connectivity index (χ3n) is 2.51. The van der Waals surface area contributed by atoms with Gasteiger partial charge in [0.2, 0.25) is 0 Å². The van der Waals surface area contributed by atoms with Gasteiger partial charge in [-0.2, -0.15) is 0 Å². The van der Waals surface area contributed by atoms with Crippen molar-refractivity contribution in [1.29, 1.82) is 0 Å². The number of carbonyl (C=O) groups is 1. The third kappa shape index (κ3) is 2.63. The highest BCUT2D eigenvalue weighted by Gasteiger charge is 2.11. The molecule has 92 valence electrons. The van der Waals surface area contributed by atoms with E-state index in [1.165, 1.54) is 0 Å². The summed E-state index contributed by atoms with van der Waals surface area (Å²) in [4.78, 5) is 12.2. The summed E-state index contributed by atoms with van der Waals surface area (Å²) in [5, 5.41) is 0.446. The molecule has 0 unspecified atom stereocenters. The summed E-state index contributed by atoms with van der Waals surface area (Å²) in [6.45, 7) is 0. The van der Waals surface area contributed by atoms with Crippen molar-refractivity contribution in [3.8, 4) is 5.75 Å². The molecule has 2 aromatic rings. The lowest BCUT2D eigenvalue weighted by atomic mass is 10.0. The number of methoxy groups -OCH3 is 1. The van der Waals surface area contributed by atoms with Gasteiger partial charge in [0.25, 0.3) is 0 Å². The van der Waals surface area contributed by atoms with E-state index in [0.29, 0.717) is 27.6 Å². The molecule has 2 rings (SSSR count). The fourth-order valence-electron chi connectivity index (χ4n) is 1.67. The highest BCUT2D eigenvalue weighted by atomic mass is 35.5. The normalized spacial score (nSPS) is 10.1. The van der Waals surface area contributed by atoms with Gasteiger partial charge < -0.3 is 10.5 Å². The fourth-order valence-corrected chi connectivity index (χ4v) is 1.92. The molecule has 0 saturated heterocycles. The zero-order valence-electron chi connectivity index (χ0n) is 9.81. The van der Waals surface area contributed by atoms with Crippen LogP contribution in [-0.2, 0) is 0 Å². The Balaban J connectivity index is 2.41. The number of halogens is 1. The van der Waals surface area contributed by atoms with Gasteiger partial charge in [-0.15, -0.1) is 0 Å². The Morgan fingerprint density at radius 2 is 1.94 bits per heavy atom. The van der Waals surface area contributed by atoms with Crippen molar-refractivity contribution in [3.63, 3.8) is 0 Å². The van der Waals surface area contributed by atoms with Crippen LogP contribution in [0.5, 0.6) is 5.75 Å². The number of nitrogens with two attached hydrogens (primary N) is 1. The van der Waals surface area contributed by atoms with Gasteiger partial charge in [-0.05, 0) is 30.3 Å². The van der Waals surface area contributed by atoms with Crippen LogP contribution in [0, 0.1) is 0 Å². The number of ketones is 1. The molecule has 0 atom stereocenters. The summed E-state index contributed by atoms with van der Waals surface area (Å²) >= 11 is 5.88. The summed E-state index contributed by atoms with van der Waals surface area (Å²) < 4.78 is 5.09. The van der Waals surface area contributed by atoms with Gasteiger partial charge in [-0.1, -0.05) is 23.7 Å². The minimum absolute atomic E-state index is 0.136.